The summed E-state index contributed by atoms with van der Waals surface area (Å²) in [6.45, 7) is 4.92. The van der Waals surface area contributed by atoms with Crippen molar-refractivity contribution < 1.29 is 5.11 Å². The molecular formula is C14H23N3O2. The summed E-state index contributed by atoms with van der Waals surface area (Å²) >= 11 is 0. The van der Waals surface area contributed by atoms with Gasteiger partial charge in [-0.3, -0.25) is 9.36 Å². The first-order valence-corrected chi connectivity index (χ1v) is 6.92. The van der Waals surface area contributed by atoms with E-state index in [1.54, 1.807) is 6.07 Å². The minimum atomic E-state index is -0.532. The monoisotopic (exact) mass is 265 g/mol. The molecule has 0 aliphatic heterocycles. The summed E-state index contributed by atoms with van der Waals surface area (Å²) < 4.78 is 1.48. The quantitative estimate of drug-likeness (QED) is 0.827. The highest BCUT2D eigenvalue weighted by Gasteiger charge is 2.27. The van der Waals surface area contributed by atoms with Crippen LogP contribution in [-0.2, 0) is 6.54 Å². The Balaban J connectivity index is 1.96. The second kappa shape index (κ2) is 5.84. The minimum Gasteiger partial charge on any atom is -0.390 e. The fraction of sp³-hybridized carbons (Fsp3) is 0.714. The van der Waals surface area contributed by atoms with Gasteiger partial charge in [-0.2, -0.15) is 0 Å². The molecule has 19 heavy (non-hydrogen) atoms. The average molecular weight is 265 g/mol. The van der Waals surface area contributed by atoms with Gasteiger partial charge in [-0.25, -0.2) is 4.98 Å². The summed E-state index contributed by atoms with van der Waals surface area (Å²) in [7, 11) is 2.02. The van der Waals surface area contributed by atoms with Gasteiger partial charge < -0.3 is 10.0 Å². The first-order chi connectivity index (χ1) is 8.97. The number of aliphatic hydroxyl groups excluding tert-OH is 1. The molecule has 1 aliphatic carbocycles. The number of hydrogen-bond acceptors (Lipinski definition) is 4. The normalized spacial score (nSPS) is 17.2. The maximum atomic E-state index is 11.9. The van der Waals surface area contributed by atoms with E-state index in [2.05, 4.69) is 9.88 Å². The van der Waals surface area contributed by atoms with E-state index in [0.717, 1.165) is 5.69 Å². The SMILES string of the molecule is CC(C)c1cc(=O)n(CC(O)CN(C)C2CC2)cn1. The van der Waals surface area contributed by atoms with Crippen molar-refractivity contribution in [3.63, 3.8) is 0 Å². The zero-order chi connectivity index (χ0) is 14.0. The summed E-state index contributed by atoms with van der Waals surface area (Å²) in [5, 5.41) is 10.0. The number of nitrogens with zero attached hydrogens (tertiary/aromatic N) is 3. The molecule has 1 saturated carbocycles. The summed E-state index contributed by atoms with van der Waals surface area (Å²) in [5.74, 6) is 0.244. The number of aromatic nitrogens is 2. The van der Waals surface area contributed by atoms with Crippen LogP contribution in [0.15, 0.2) is 17.2 Å². The van der Waals surface area contributed by atoms with Crippen LogP contribution in [0.1, 0.15) is 38.3 Å². The zero-order valence-electron chi connectivity index (χ0n) is 11.9. The summed E-state index contributed by atoms with van der Waals surface area (Å²) in [5.41, 5.74) is 0.706. The van der Waals surface area contributed by atoms with E-state index in [0.29, 0.717) is 19.1 Å². The van der Waals surface area contributed by atoms with Crippen LogP contribution < -0.4 is 5.56 Å². The molecule has 1 fully saturated rings. The molecule has 0 saturated heterocycles. The standard InChI is InChI=1S/C14H23N3O2/c1-10(2)13-6-14(19)17(9-15-13)8-12(18)7-16(3)11-4-5-11/h6,9-12,18H,4-5,7-8H2,1-3H3. The van der Waals surface area contributed by atoms with Crippen molar-refractivity contribution in [2.45, 2.75) is 51.3 Å². The predicted octanol–water partition coefficient (Wildman–Crippen LogP) is 0.822. The van der Waals surface area contributed by atoms with Gasteiger partial charge in [0.25, 0.3) is 5.56 Å². The van der Waals surface area contributed by atoms with E-state index >= 15 is 0 Å². The van der Waals surface area contributed by atoms with Gasteiger partial charge in [0.15, 0.2) is 0 Å². The van der Waals surface area contributed by atoms with E-state index in [1.165, 1.54) is 23.7 Å². The van der Waals surface area contributed by atoms with E-state index in [1.807, 2.05) is 20.9 Å². The Morgan fingerprint density at radius 2 is 2.21 bits per heavy atom. The van der Waals surface area contributed by atoms with Gasteiger partial charge in [0.05, 0.1) is 24.7 Å². The predicted molar refractivity (Wildman–Crippen MR) is 74.2 cm³/mol. The molecule has 1 aromatic rings. The van der Waals surface area contributed by atoms with Crippen LogP contribution in [-0.4, -0.2) is 45.3 Å². The van der Waals surface area contributed by atoms with Gasteiger partial charge in [-0.1, -0.05) is 13.8 Å². The Morgan fingerprint density at radius 1 is 1.53 bits per heavy atom. The van der Waals surface area contributed by atoms with Crippen molar-refractivity contribution >= 4 is 0 Å². The molecule has 5 heteroatoms. The third kappa shape index (κ3) is 3.88. The van der Waals surface area contributed by atoms with Crippen molar-refractivity contribution in [1.29, 1.82) is 0 Å². The Hall–Kier alpha value is -1.20. The van der Waals surface area contributed by atoms with Crippen LogP contribution in [0.5, 0.6) is 0 Å². The van der Waals surface area contributed by atoms with Crippen molar-refractivity contribution in [3.05, 3.63) is 28.4 Å². The molecule has 1 heterocycles. The zero-order valence-corrected chi connectivity index (χ0v) is 11.9. The van der Waals surface area contributed by atoms with Gasteiger partial charge in [-0.15, -0.1) is 0 Å². The van der Waals surface area contributed by atoms with Crippen LogP contribution in [0.25, 0.3) is 0 Å². The van der Waals surface area contributed by atoms with Crippen molar-refractivity contribution in [2.75, 3.05) is 13.6 Å². The number of likely N-dealkylation sites (N-methyl/N-ethyl adjacent to an activating group) is 1. The molecule has 5 nitrogen and oxygen atoms in total. The molecule has 106 valence electrons. The van der Waals surface area contributed by atoms with E-state index in [-0.39, 0.29) is 11.5 Å². The van der Waals surface area contributed by atoms with Crippen LogP contribution >= 0.6 is 0 Å². The topological polar surface area (TPSA) is 58.4 Å². The smallest absolute Gasteiger partial charge is 0.253 e. The highest BCUT2D eigenvalue weighted by atomic mass is 16.3. The second-order valence-corrected chi connectivity index (χ2v) is 5.78. The average Bonchev–Trinajstić information content (AvgIpc) is 3.15. The van der Waals surface area contributed by atoms with Gasteiger partial charge in [-0.05, 0) is 25.8 Å². The molecule has 2 rings (SSSR count). The van der Waals surface area contributed by atoms with Crippen LogP contribution in [0, 0.1) is 0 Å². The van der Waals surface area contributed by atoms with E-state index in [4.69, 9.17) is 0 Å². The van der Waals surface area contributed by atoms with Gasteiger partial charge in [0.1, 0.15) is 0 Å². The second-order valence-electron chi connectivity index (χ2n) is 5.78. The molecule has 0 amide bonds. The van der Waals surface area contributed by atoms with E-state index < -0.39 is 6.10 Å². The Kier molecular flexibility index (Phi) is 4.37. The largest absolute Gasteiger partial charge is 0.390 e. The molecule has 0 spiro atoms. The van der Waals surface area contributed by atoms with Crippen LogP contribution in [0.3, 0.4) is 0 Å². The Bertz CT molecular complexity index is 480. The molecule has 1 N–H and O–H groups in total. The lowest BCUT2D eigenvalue weighted by Gasteiger charge is -2.20. The molecular weight excluding hydrogens is 242 g/mol. The Labute approximate surface area is 113 Å². The summed E-state index contributed by atoms with van der Waals surface area (Å²) in [6.07, 6.45) is 3.44. The lowest BCUT2D eigenvalue weighted by atomic mass is 10.1. The van der Waals surface area contributed by atoms with Gasteiger partial charge >= 0.3 is 0 Å². The minimum absolute atomic E-state index is 0.0909. The van der Waals surface area contributed by atoms with Crippen molar-refractivity contribution in [3.8, 4) is 0 Å². The molecule has 0 bridgehead atoms. The van der Waals surface area contributed by atoms with Crippen LogP contribution in [0.4, 0.5) is 0 Å². The molecule has 0 aromatic carbocycles. The van der Waals surface area contributed by atoms with E-state index in [9.17, 15) is 9.90 Å². The molecule has 1 aliphatic rings. The molecule has 1 unspecified atom stereocenters. The maximum absolute atomic E-state index is 11.9. The lowest BCUT2D eigenvalue weighted by Crippen LogP contribution is -2.36. The van der Waals surface area contributed by atoms with Crippen molar-refractivity contribution in [2.24, 2.45) is 0 Å². The fourth-order valence-electron chi connectivity index (χ4n) is 2.17. The van der Waals surface area contributed by atoms with Gasteiger partial charge in [0, 0.05) is 18.7 Å². The van der Waals surface area contributed by atoms with Gasteiger partial charge in [0.2, 0.25) is 0 Å². The third-order valence-corrected chi connectivity index (χ3v) is 3.57. The van der Waals surface area contributed by atoms with Crippen molar-refractivity contribution in [1.82, 2.24) is 14.5 Å². The number of rotatable bonds is 6. The highest BCUT2D eigenvalue weighted by Crippen LogP contribution is 2.25. The molecule has 1 atom stereocenters. The highest BCUT2D eigenvalue weighted by molar-refractivity contribution is 5.04. The maximum Gasteiger partial charge on any atom is 0.253 e. The first-order valence-electron chi connectivity index (χ1n) is 6.92. The summed E-state index contributed by atoms with van der Waals surface area (Å²) in [4.78, 5) is 18.3. The molecule has 1 aromatic heterocycles. The number of hydrogen-bond donors (Lipinski definition) is 1. The third-order valence-electron chi connectivity index (χ3n) is 3.57. The first kappa shape index (κ1) is 14.2. The molecule has 0 radical (unpaired) electrons. The lowest BCUT2D eigenvalue weighted by molar-refractivity contribution is 0.105. The fourth-order valence-corrected chi connectivity index (χ4v) is 2.17. The van der Waals surface area contributed by atoms with Crippen LogP contribution in [0.2, 0.25) is 0 Å². The number of aliphatic hydroxyl groups is 1. The Morgan fingerprint density at radius 3 is 2.74 bits per heavy atom. The summed E-state index contributed by atoms with van der Waals surface area (Å²) in [6, 6.07) is 2.18.